The number of nitrogens with one attached hydrogen (secondary N) is 2. The van der Waals surface area contributed by atoms with Crippen LogP contribution in [0.1, 0.15) is 31.4 Å². The molecule has 3 N–H and O–H groups in total. The summed E-state index contributed by atoms with van der Waals surface area (Å²) in [7, 11) is 0. The van der Waals surface area contributed by atoms with Crippen LogP contribution in [0.15, 0.2) is 24.4 Å². The van der Waals surface area contributed by atoms with Gasteiger partial charge in [-0.25, -0.2) is 0 Å². The Bertz CT molecular complexity index is 684. The lowest BCUT2D eigenvalue weighted by molar-refractivity contribution is -0.135. The van der Waals surface area contributed by atoms with Crippen LogP contribution in [0.5, 0.6) is 0 Å². The first-order chi connectivity index (χ1) is 15.1. The summed E-state index contributed by atoms with van der Waals surface area (Å²) in [4.78, 5) is 31.1. The molecule has 2 fully saturated rings. The number of ether oxygens (including phenoxy) is 2. The van der Waals surface area contributed by atoms with E-state index in [1.807, 2.05) is 6.07 Å². The normalized spacial score (nSPS) is 24.5. The molecule has 172 valence electrons. The maximum absolute atomic E-state index is 12.3. The van der Waals surface area contributed by atoms with Gasteiger partial charge in [0.25, 0.3) is 0 Å². The predicted molar refractivity (Wildman–Crippen MR) is 114 cm³/mol. The highest BCUT2D eigenvalue weighted by Crippen LogP contribution is 2.22. The number of carbonyl (C=O) groups is 2. The molecule has 9 heteroatoms. The standard InChI is InChI=1S/C22H34N4O5/c27-16-20-19(25-22(29)14-17-4-1-2-7-23-17)6-5-18(31-20)15-21(28)24-8-3-9-26-10-12-30-13-11-26/h1-2,4,7,18-20,27H,3,5-6,8-16H2,(H,24,28)(H,25,29)/t18-,19-,20+/m1/s1. The minimum atomic E-state index is -0.513. The van der Waals surface area contributed by atoms with Gasteiger partial charge in [0.1, 0.15) is 6.10 Å². The van der Waals surface area contributed by atoms with Gasteiger partial charge in [-0.05, 0) is 37.9 Å². The number of aliphatic hydroxyl groups excluding tert-OH is 1. The summed E-state index contributed by atoms with van der Waals surface area (Å²) in [5, 5.41) is 15.6. The minimum absolute atomic E-state index is 0.0405. The van der Waals surface area contributed by atoms with Crippen LogP contribution in [0.2, 0.25) is 0 Å². The maximum Gasteiger partial charge on any atom is 0.226 e. The zero-order chi connectivity index (χ0) is 21.9. The van der Waals surface area contributed by atoms with E-state index in [9.17, 15) is 14.7 Å². The lowest BCUT2D eigenvalue weighted by Gasteiger charge is -2.36. The Morgan fingerprint density at radius 3 is 2.77 bits per heavy atom. The van der Waals surface area contributed by atoms with Crippen molar-refractivity contribution in [2.75, 3.05) is 46.0 Å². The molecule has 3 rings (SSSR count). The lowest BCUT2D eigenvalue weighted by atomic mass is 9.96. The Morgan fingerprint density at radius 1 is 1.19 bits per heavy atom. The molecule has 1 aromatic rings. The SMILES string of the molecule is O=C(C[C@H]1CC[C@@H](NC(=O)Cc2ccccn2)[C@H](CO)O1)NCCCN1CCOCC1. The van der Waals surface area contributed by atoms with Gasteiger partial charge in [-0.3, -0.25) is 19.5 Å². The number of amides is 2. The quantitative estimate of drug-likeness (QED) is 0.440. The molecule has 2 amide bonds. The van der Waals surface area contributed by atoms with Crippen LogP contribution in [0, 0.1) is 0 Å². The van der Waals surface area contributed by atoms with Crippen LogP contribution < -0.4 is 10.6 Å². The topological polar surface area (TPSA) is 113 Å². The lowest BCUT2D eigenvalue weighted by Crippen LogP contribution is -2.51. The van der Waals surface area contributed by atoms with Gasteiger partial charge in [0.2, 0.25) is 11.8 Å². The van der Waals surface area contributed by atoms with Crippen LogP contribution in [0.4, 0.5) is 0 Å². The van der Waals surface area contributed by atoms with E-state index in [4.69, 9.17) is 9.47 Å². The molecule has 9 nitrogen and oxygen atoms in total. The van der Waals surface area contributed by atoms with Crippen molar-refractivity contribution in [1.82, 2.24) is 20.5 Å². The maximum atomic E-state index is 12.3. The summed E-state index contributed by atoms with van der Waals surface area (Å²) in [5.41, 5.74) is 0.695. The number of hydrogen-bond donors (Lipinski definition) is 3. The van der Waals surface area contributed by atoms with Crippen molar-refractivity contribution < 1.29 is 24.2 Å². The van der Waals surface area contributed by atoms with Gasteiger partial charge in [-0.2, -0.15) is 0 Å². The molecule has 0 radical (unpaired) electrons. The average Bonchev–Trinajstić information content (AvgIpc) is 2.79. The first-order valence-corrected chi connectivity index (χ1v) is 11.2. The summed E-state index contributed by atoms with van der Waals surface area (Å²) in [6.45, 7) is 4.85. The van der Waals surface area contributed by atoms with E-state index in [1.165, 1.54) is 0 Å². The van der Waals surface area contributed by atoms with Crippen molar-refractivity contribution in [3.8, 4) is 0 Å². The largest absolute Gasteiger partial charge is 0.394 e. The van der Waals surface area contributed by atoms with Gasteiger partial charge in [-0.15, -0.1) is 0 Å². The van der Waals surface area contributed by atoms with E-state index in [0.717, 1.165) is 39.3 Å². The fourth-order valence-electron chi connectivity index (χ4n) is 4.01. The first kappa shape index (κ1) is 23.6. The number of hydrogen-bond acceptors (Lipinski definition) is 7. The Balaban J connectivity index is 1.33. The number of morpholine rings is 1. The zero-order valence-electron chi connectivity index (χ0n) is 18.0. The second kappa shape index (κ2) is 12.7. The van der Waals surface area contributed by atoms with Gasteiger partial charge in [0, 0.05) is 31.5 Å². The molecule has 0 spiro atoms. The zero-order valence-corrected chi connectivity index (χ0v) is 18.0. The van der Waals surface area contributed by atoms with Crippen LogP contribution >= 0.6 is 0 Å². The monoisotopic (exact) mass is 434 g/mol. The fourth-order valence-corrected chi connectivity index (χ4v) is 4.01. The molecule has 1 aromatic heterocycles. The third-order valence-electron chi connectivity index (χ3n) is 5.70. The molecular formula is C22H34N4O5. The van der Waals surface area contributed by atoms with E-state index in [2.05, 4.69) is 20.5 Å². The number of carbonyl (C=O) groups excluding carboxylic acids is 2. The van der Waals surface area contributed by atoms with Gasteiger partial charge >= 0.3 is 0 Å². The summed E-state index contributed by atoms with van der Waals surface area (Å²) < 4.78 is 11.2. The second-order valence-corrected chi connectivity index (χ2v) is 8.09. The first-order valence-electron chi connectivity index (χ1n) is 11.2. The van der Waals surface area contributed by atoms with Crippen molar-refractivity contribution >= 4 is 11.8 Å². The molecule has 3 atom stereocenters. The van der Waals surface area contributed by atoms with Crippen molar-refractivity contribution in [3.63, 3.8) is 0 Å². The summed E-state index contributed by atoms with van der Waals surface area (Å²) in [5.74, 6) is -0.191. The molecule has 2 aliphatic rings. The molecule has 0 aromatic carbocycles. The van der Waals surface area contributed by atoms with Crippen LogP contribution in [-0.4, -0.2) is 91.1 Å². The molecule has 0 bridgehead atoms. The van der Waals surface area contributed by atoms with Crippen molar-refractivity contribution in [2.24, 2.45) is 0 Å². The van der Waals surface area contributed by atoms with Crippen LogP contribution in [-0.2, 0) is 25.5 Å². The second-order valence-electron chi connectivity index (χ2n) is 8.09. The van der Waals surface area contributed by atoms with Crippen molar-refractivity contribution in [3.05, 3.63) is 30.1 Å². The third kappa shape index (κ3) is 8.17. The number of rotatable bonds is 10. The van der Waals surface area contributed by atoms with Gasteiger partial charge < -0.3 is 25.2 Å². The van der Waals surface area contributed by atoms with E-state index in [0.29, 0.717) is 25.1 Å². The van der Waals surface area contributed by atoms with Gasteiger partial charge in [-0.1, -0.05) is 6.07 Å². The minimum Gasteiger partial charge on any atom is -0.394 e. The van der Waals surface area contributed by atoms with E-state index < -0.39 is 6.10 Å². The third-order valence-corrected chi connectivity index (χ3v) is 5.70. The number of pyridine rings is 1. The van der Waals surface area contributed by atoms with E-state index >= 15 is 0 Å². The van der Waals surface area contributed by atoms with Crippen molar-refractivity contribution in [2.45, 2.75) is 50.4 Å². The smallest absolute Gasteiger partial charge is 0.226 e. The van der Waals surface area contributed by atoms with E-state index in [1.54, 1.807) is 18.3 Å². The predicted octanol–water partition coefficient (Wildman–Crippen LogP) is -0.123. The highest BCUT2D eigenvalue weighted by atomic mass is 16.5. The molecule has 0 unspecified atom stereocenters. The summed E-state index contributed by atoms with van der Waals surface area (Å²) in [6, 6.07) is 5.18. The number of aliphatic hydroxyl groups is 1. The molecule has 31 heavy (non-hydrogen) atoms. The molecule has 0 aliphatic carbocycles. The molecular weight excluding hydrogens is 400 g/mol. The summed E-state index contributed by atoms with van der Waals surface area (Å²) in [6.07, 6.45) is 3.57. The molecule has 2 aliphatic heterocycles. The van der Waals surface area contributed by atoms with Crippen LogP contribution in [0.25, 0.3) is 0 Å². The van der Waals surface area contributed by atoms with Gasteiger partial charge in [0.15, 0.2) is 0 Å². The fraction of sp³-hybridized carbons (Fsp3) is 0.682. The number of aromatic nitrogens is 1. The molecule has 3 heterocycles. The van der Waals surface area contributed by atoms with E-state index in [-0.39, 0.29) is 43.4 Å². The number of nitrogens with zero attached hydrogens (tertiary/aromatic N) is 2. The summed E-state index contributed by atoms with van der Waals surface area (Å²) >= 11 is 0. The van der Waals surface area contributed by atoms with Crippen LogP contribution in [0.3, 0.4) is 0 Å². The Hall–Kier alpha value is -2.07. The molecule has 0 saturated carbocycles. The Labute approximate surface area is 183 Å². The van der Waals surface area contributed by atoms with Gasteiger partial charge in [0.05, 0.1) is 44.8 Å². The average molecular weight is 435 g/mol. The Morgan fingerprint density at radius 2 is 2.03 bits per heavy atom. The molecule has 2 saturated heterocycles. The Kier molecular flexibility index (Phi) is 9.67. The highest BCUT2D eigenvalue weighted by Gasteiger charge is 2.32. The highest BCUT2D eigenvalue weighted by molar-refractivity contribution is 5.78. The van der Waals surface area contributed by atoms with Crippen molar-refractivity contribution in [1.29, 1.82) is 0 Å².